The molecule has 1 aliphatic rings. The van der Waals surface area contributed by atoms with Crippen LogP contribution in [0.5, 0.6) is 11.5 Å². The van der Waals surface area contributed by atoms with E-state index in [1.165, 1.54) is 6.08 Å². The minimum atomic E-state index is -0.495. The minimum absolute atomic E-state index is 0.0450. The van der Waals surface area contributed by atoms with Crippen molar-refractivity contribution in [3.8, 4) is 11.5 Å². The minimum Gasteiger partial charge on any atom is -0.497 e. The van der Waals surface area contributed by atoms with Crippen LogP contribution in [0.25, 0.3) is 0 Å². The maximum absolute atomic E-state index is 12.3. The summed E-state index contributed by atoms with van der Waals surface area (Å²) >= 11 is 0. The van der Waals surface area contributed by atoms with E-state index in [-0.39, 0.29) is 30.9 Å². The summed E-state index contributed by atoms with van der Waals surface area (Å²) in [6.07, 6.45) is 3.91. The van der Waals surface area contributed by atoms with Crippen LogP contribution < -0.4 is 20.1 Å². The number of rotatable bonds is 10. The van der Waals surface area contributed by atoms with E-state index in [9.17, 15) is 14.4 Å². The SMILES string of the molecule is CCOC(=O)/C=C/[C@H](C[C@@H]1CCNC1=O)NC(=O)COc1cccc(OC)c1. The maximum atomic E-state index is 12.3. The first-order valence-corrected chi connectivity index (χ1v) is 9.20. The lowest BCUT2D eigenvalue weighted by Crippen LogP contribution is -2.39. The van der Waals surface area contributed by atoms with Gasteiger partial charge in [-0.3, -0.25) is 9.59 Å². The number of carbonyl (C=O) groups is 3. The van der Waals surface area contributed by atoms with Crippen LogP contribution in [0.15, 0.2) is 36.4 Å². The molecule has 28 heavy (non-hydrogen) atoms. The topological polar surface area (TPSA) is 103 Å². The number of nitrogens with one attached hydrogen (secondary N) is 2. The fourth-order valence-electron chi connectivity index (χ4n) is 2.84. The first-order chi connectivity index (χ1) is 13.5. The summed E-state index contributed by atoms with van der Waals surface area (Å²) in [6.45, 7) is 2.39. The second kappa shape index (κ2) is 11.0. The van der Waals surface area contributed by atoms with Crippen LogP contribution in [0, 0.1) is 5.92 Å². The molecule has 1 saturated heterocycles. The van der Waals surface area contributed by atoms with Crippen molar-refractivity contribution in [3.05, 3.63) is 36.4 Å². The highest BCUT2D eigenvalue weighted by atomic mass is 16.5. The highest BCUT2D eigenvalue weighted by Crippen LogP contribution is 2.19. The predicted octanol–water partition coefficient (Wildman–Crippen LogP) is 1.20. The van der Waals surface area contributed by atoms with Crippen molar-refractivity contribution in [3.63, 3.8) is 0 Å². The number of carbonyl (C=O) groups excluding carboxylic acids is 3. The molecule has 8 heteroatoms. The monoisotopic (exact) mass is 390 g/mol. The van der Waals surface area contributed by atoms with E-state index in [0.717, 1.165) is 0 Å². The van der Waals surface area contributed by atoms with Crippen LogP contribution in [0.4, 0.5) is 0 Å². The molecule has 1 heterocycles. The zero-order valence-corrected chi connectivity index (χ0v) is 16.1. The Labute approximate surface area is 164 Å². The summed E-state index contributed by atoms with van der Waals surface area (Å²) in [5.74, 6) is 0.0153. The van der Waals surface area contributed by atoms with E-state index in [1.54, 1.807) is 44.4 Å². The van der Waals surface area contributed by atoms with E-state index < -0.39 is 12.0 Å². The second-order valence-electron chi connectivity index (χ2n) is 6.27. The molecule has 2 amide bonds. The van der Waals surface area contributed by atoms with Crippen LogP contribution in [-0.4, -0.2) is 50.7 Å². The molecule has 2 atom stereocenters. The number of methoxy groups -OCH3 is 1. The first-order valence-electron chi connectivity index (χ1n) is 9.20. The van der Waals surface area contributed by atoms with Gasteiger partial charge in [0.25, 0.3) is 5.91 Å². The van der Waals surface area contributed by atoms with E-state index in [4.69, 9.17) is 14.2 Å². The number of esters is 1. The molecule has 1 aromatic rings. The molecule has 0 radical (unpaired) electrons. The van der Waals surface area contributed by atoms with Gasteiger partial charge in [-0.1, -0.05) is 12.1 Å². The van der Waals surface area contributed by atoms with Gasteiger partial charge in [-0.2, -0.15) is 0 Å². The molecular formula is C20H26N2O6. The Morgan fingerprint density at radius 1 is 1.36 bits per heavy atom. The molecule has 152 valence electrons. The highest BCUT2D eigenvalue weighted by molar-refractivity contribution is 5.83. The number of ether oxygens (including phenoxy) is 3. The third-order valence-corrected chi connectivity index (χ3v) is 4.21. The van der Waals surface area contributed by atoms with Gasteiger partial charge in [0, 0.05) is 30.6 Å². The smallest absolute Gasteiger partial charge is 0.330 e. The standard InChI is InChI=1S/C20H26N2O6/c1-3-27-19(24)8-7-15(11-14-9-10-21-20(14)25)22-18(23)13-28-17-6-4-5-16(12-17)26-2/h4-8,12,14-15H,3,9-11,13H2,1-2H3,(H,21,25)(H,22,23)/b8-7+/t14-,15+/m0/s1. The molecule has 2 N–H and O–H groups in total. The Hall–Kier alpha value is -3.03. The second-order valence-corrected chi connectivity index (χ2v) is 6.27. The third-order valence-electron chi connectivity index (χ3n) is 4.21. The van der Waals surface area contributed by atoms with E-state index in [2.05, 4.69) is 10.6 Å². The summed E-state index contributed by atoms with van der Waals surface area (Å²) in [5, 5.41) is 5.56. The zero-order valence-electron chi connectivity index (χ0n) is 16.1. The highest BCUT2D eigenvalue weighted by Gasteiger charge is 2.27. The van der Waals surface area contributed by atoms with Crippen molar-refractivity contribution in [2.75, 3.05) is 26.9 Å². The quantitative estimate of drug-likeness (QED) is 0.460. The average Bonchev–Trinajstić information content (AvgIpc) is 3.09. The van der Waals surface area contributed by atoms with Gasteiger partial charge in [-0.15, -0.1) is 0 Å². The van der Waals surface area contributed by atoms with Crippen molar-refractivity contribution in [1.82, 2.24) is 10.6 Å². The van der Waals surface area contributed by atoms with Crippen molar-refractivity contribution in [1.29, 1.82) is 0 Å². The summed E-state index contributed by atoms with van der Waals surface area (Å²) in [7, 11) is 1.55. The van der Waals surface area contributed by atoms with Gasteiger partial charge in [-0.05, 0) is 31.9 Å². The summed E-state index contributed by atoms with van der Waals surface area (Å²) in [6, 6.07) is 6.44. The Balaban J connectivity index is 1.93. The number of benzene rings is 1. The molecule has 8 nitrogen and oxygen atoms in total. The van der Waals surface area contributed by atoms with Gasteiger partial charge in [0.15, 0.2) is 6.61 Å². The summed E-state index contributed by atoms with van der Waals surface area (Å²) < 4.78 is 15.5. The molecule has 0 aliphatic carbocycles. The van der Waals surface area contributed by atoms with Crippen LogP contribution in [0.1, 0.15) is 19.8 Å². The fraction of sp³-hybridized carbons (Fsp3) is 0.450. The average molecular weight is 390 g/mol. The van der Waals surface area contributed by atoms with Crippen LogP contribution in [0.2, 0.25) is 0 Å². The normalized spacial score (nSPS) is 17.1. The lowest BCUT2D eigenvalue weighted by atomic mass is 9.98. The van der Waals surface area contributed by atoms with Crippen LogP contribution in [-0.2, 0) is 19.1 Å². The molecule has 0 spiro atoms. The van der Waals surface area contributed by atoms with Crippen LogP contribution in [0.3, 0.4) is 0 Å². The summed E-state index contributed by atoms with van der Waals surface area (Å²) in [4.78, 5) is 35.7. The predicted molar refractivity (Wildman–Crippen MR) is 102 cm³/mol. The maximum Gasteiger partial charge on any atom is 0.330 e. The zero-order chi connectivity index (χ0) is 20.4. The van der Waals surface area contributed by atoms with Crippen molar-refractivity contribution < 1.29 is 28.6 Å². The van der Waals surface area contributed by atoms with Crippen molar-refractivity contribution in [2.24, 2.45) is 5.92 Å². The first kappa shape index (κ1) is 21.3. The Morgan fingerprint density at radius 3 is 2.82 bits per heavy atom. The fourth-order valence-corrected chi connectivity index (χ4v) is 2.84. The van der Waals surface area contributed by atoms with Crippen molar-refractivity contribution >= 4 is 17.8 Å². The van der Waals surface area contributed by atoms with E-state index in [1.807, 2.05) is 0 Å². The van der Waals surface area contributed by atoms with Gasteiger partial charge in [0.05, 0.1) is 13.7 Å². The lowest BCUT2D eigenvalue weighted by Gasteiger charge is -2.18. The molecule has 2 rings (SSSR count). The van der Waals surface area contributed by atoms with Gasteiger partial charge in [0.2, 0.25) is 5.91 Å². The van der Waals surface area contributed by atoms with Crippen molar-refractivity contribution in [2.45, 2.75) is 25.8 Å². The van der Waals surface area contributed by atoms with Crippen LogP contribution >= 0.6 is 0 Å². The molecular weight excluding hydrogens is 364 g/mol. The summed E-state index contributed by atoms with van der Waals surface area (Å²) in [5.41, 5.74) is 0. The third kappa shape index (κ3) is 6.94. The molecule has 1 aromatic carbocycles. The molecule has 1 aliphatic heterocycles. The lowest BCUT2D eigenvalue weighted by molar-refractivity contribution is -0.137. The Morgan fingerprint density at radius 2 is 2.14 bits per heavy atom. The number of amides is 2. The molecule has 0 unspecified atom stereocenters. The Bertz CT molecular complexity index is 718. The molecule has 1 fully saturated rings. The van der Waals surface area contributed by atoms with Gasteiger partial charge in [0.1, 0.15) is 11.5 Å². The molecule has 0 aromatic heterocycles. The number of hydrogen-bond donors (Lipinski definition) is 2. The molecule has 0 bridgehead atoms. The molecule has 0 saturated carbocycles. The largest absolute Gasteiger partial charge is 0.497 e. The van der Waals surface area contributed by atoms with Gasteiger partial charge in [-0.25, -0.2) is 4.79 Å². The number of hydrogen-bond acceptors (Lipinski definition) is 6. The van der Waals surface area contributed by atoms with Gasteiger partial charge < -0.3 is 24.8 Å². The van der Waals surface area contributed by atoms with E-state index >= 15 is 0 Å². The Kier molecular flexibility index (Phi) is 8.33. The van der Waals surface area contributed by atoms with E-state index in [0.29, 0.717) is 30.9 Å². The van der Waals surface area contributed by atoms with Gasteiger partial charge >= 0.3 is 5.97 Å².